The van der Waals surface area contributed by atoms with Crippen molar-refractivity contribution in [3.8, 4) is 5.75 Å². The van der Waals surface area contributed by atoms with Gasteiger partial charge in [0.2, 0.25) is 0 Å². The highest BCUT2D eigenvalue weighted by atomic mass is 16.7. The monoisotopic (exact) mass is 290 g/mol. The van der Waals surface area contributed by atoms with Gasteiger partial charge in [-0.25, -0.2) is 0 Å². The summed E-state index contributed by atoms with van der Waals surface area (Å²) in [6.45, 7) is 0. The Labute approximate surface area is 122 Å². The van der Waals surface area contributed by atoms with E-state index in [1.54, 1.807) is 12.1 Å². The van der Waals surface area contributed by atoms with E-state index < -0.39 is 23.6 Å². The molecule has 1 aromatic carbocycles. The highest BCUT2D eigenvalue weighted by Gasteiger charge is 2.49. The molecular formula is C16H18O5. The number of carbonyl (C=O) groups excluding carboxylic acids is 2. The third kappa shape index (κ3) is 2.86. The Hall–Kier alpha value is -2.04. The van der Waals surface area contributed by atoms with E-state index >= 15 is 0 Å². The molecule has 1 spiro atoms. The van der Waals surface area contributed by atoms with Crippen LogP contribution in [0.25, 0.3) is 0 Å². The number of ether oxygens (including phenoxy) is 2. The van der Waals surface area contributed by atoms with E-state index in [-0.39, 0.29) is 12.2 Å². The van der Waals surface area contributed by atoms with Crippen LogP contribution in [0.1, 0.15) is 37.7 Å². The van der Waals surface area contributed by atoms with Gasteiger partial charge >= 0.3 is 11.9 Å². The lowest BCUT2D eigenvalue weighted by Crippen LogP contribution is -2.51. The third-order valence-electron chi connectivity index (χ3n) is 4.13. The van der Waals surface area contributed by atoms with Gasteiger partial charge in [0.25, 0.3) is 5.79 Å². The first kappa shape index (κ1) is 13.9. The second-order valence-corrected chi connectivity index (χ2v) is 5.74. The van der Waals surface area contributed by atoms with Gasteiger partial charge in [0, 0.05) is 12.8 Å². The van der Waals surface area contributed by atoms with E-state index in [9.17, 15) is 14.7 Å². The molecule has 0 bridgehead atoms. The van der Waals surface area contributed by atoms with Crippen molar-refractivity contribution in [2.75, 3.05) is 0 Å². The Morgan fingerprint density at radius 3 is 2.14 bits per heavy atom. The maximum absolute atomic E-state index is 12.2. The van der Waals surface area contributed by atoms with Crippen molar-refractivity contribution in [3.05, 3.63) is 29.8 Å². The fraction of sp³-hybridized carbons (Fsp3) is 0.500. The largest absolute Gasteiger partial charge is 0.508 e. The molecule has 1 N–H and O–H groups in total. The first-order valence-electron chi connectivity index (χ1n) is 7.32. The summed E-state index contributed by atoms with van der Waals surface area (Å²) in [6, 6.07) is 6.41. The summed E-state index contributed by atoms with van der Waals surface area (Å²) in [5.74, 6) is -2.78. The quantitative estimate of drug-likeness (QED) is 0.668. The molecule has 2 aliphatic rings. The van der Waals surface area contributed by atoms with Crippen molar-refractivity contribution in [1.82, 2.24) is 0 Å². The van der Waals surface area contributed by atoms with Gasteiger partial charge in [0.1, 0.15) is 5.75 Å². The maximum Gasteiger partial charge on any atom is 0.323 e. The number of phenols is 1. The van der Waals surface area contributed by atoms with Gasteiger partial charge < -0.3 is 14.6 Å². The molecule has 0 aromatic heterocycles. The lowest BCUT2D eigenvalue weighted by atomic mass is 9.91. The molecule has 1 saturated heterocycles. The van der Waals surface area contributed by atoms with Crippen molar-refractivity contribution in [1.29, 1.82) is 0 Å². The molecule has 1 heterocycles. The van der Waals surface area contributed by atoms with Gasteiger partial charge in [-0.05, 0) is 37.0 Å². The zero-order chi connectivity index (χ0) is 14.9. The molecular weight excluding hydrogens is 272 g/mol. The molecule has 3 rings (SSSR count). The standard InChI is InChI=1S/C16H18O5/c17-12-6-4-11(5-7-12)10-13-14(18)20-16(21-15(13)19)8-2-1-3-9-16/h4-7,13,17H,1-3,8-10H2. The first-order valence-corrected chi connectivity index (χ1v) is 7.32. The van der Waals surface area contributed by atoms with Gasteiger partial charge in [-0.15, -0.1) is 0 Å². The molecule has 1 aromatic rings. The lowest BCUT2D eigenvalue weighted by Gasteiger charge is -2.40. The van der Waals surface area contributed by atoms with Gasteiger partial charge in [-0.3, -0.25) is 9.59 Å². The molecule has 21 heavy (non-hydrogen) atoms. The number of rotatable bonds is 2. The van der Waals surface area contributed by atoms with Crippen molar-refractivity contribution >= 4 is 11.9 Å². The highest BCUT2D eigenvalue weighted by Crippen LogP contribution is 2.37. The smallest absolute Gasteiger partial charge is 0.323 e. The number of hydrogen-bond acceptors (Lipinski definition) is 5. The van der Waals surface area contributed by atoms with Crippen LogP contribution in [0.2, 0.25) is 0 Å². The van der Waals surface area contributed by atoms with E-state index in [1.165, 1.54) is 12.1 Å². The molecule has 5 nitrogen and oxygen atoms in total. The fourth-order valence-electron chi connectivity index (χ4n) is 2.95. The SMILES string of the molecule is O=C1OC2(CCCCC2)OC(=O)C1Cc1ccc(O)cc1. The summed E-state index contributed by atoms with van der Waals surface area (Å²) in [4.78, 5) is 24.4. The average Bonchev–Trinajstić information content (AvgIpc) is 2.46. The molecule has 5 heteroatoms. The minimum atomic E-state index is -1.02. The highest BCUT2D eigenvalue weighted by molar-refractivity contribution is 5.97. The van der Waals surface area contributed by atoms with Crippen LogP contribution in [0.5, 0.6) is 5.75 Å². The van der Waals surface area contributed by atoms with Gasteiger partial charge in [0.15, 0.2) is 5.92 Å². The summed E-state index contributed by atoms with van der Waals surface area (Å²) in [5.41, 5.74) is 0.784. The van der Waals surface area contributed by atoms with Crippen molar-refractivity contribution in [2.24, 2.45) is 5.92 Å². The van der Waals surface area contributed by atoms with E-state index in [0.29, 0.717) is 12.8 Å². The molecule has 2 fully saturated rings. The Balaban J connectivity index is 1.71. The summed E-state index contributed by atoms with van der Waals surface area (Å²) in [7, 11) is 0. The predicted octanol–water partition coefficient (Wildman–Crippen LogP) is 2.31. The van der Waals surface area contributed by atoms with Gasteiger partial charge in [-0.1, -0.05) is 18.6 Å². The number of hydrogen-bond donors (Lipinski definition) is 1. The van der Waals surface area contributed by atoms with Crippen molar-refractivity contribution in [2.45, 2.75) is 44.3 Å². The summed E-state index contributed by atoms with van der Waals surface area (Å²) < 4.78 is 10.9. The number of carbonyl (C=O) groups is 2. The van der Waals surface area contributed by atoms with Crippen LogP contribution in [0.3, 0.4) is 0 Å². The Morgan fingerprint density at radius 2 is 1.57 bits per heavy atom. The van der Waals surface area contributed by atoms with Crippen LogP contribution < -0.4 is 0 Å². The average molecular weight is 290 g/mol. The van der Waals surface area contributed by atoms with E-state index in [2.05, 4.69) is 0 Å². The van der Waals surface area contributed by atoms with Crippen LogP contribution in [0.4, 0.5) is 0 Å². The van der Waals surface area contributed by atoms with Crippen LogP contribution in [0.15, 0.2) is 24.3 Å². The molecule has 0 amide bonds. The molecule has 1 aliphatic heterocycles. The summed E-state index contributed by atoms with van der Waals surface area (Å²) in [5, 5.41) is 9.25. The van der Waals surface area contributed by atoms with Crippen LogP contribution in [0, 0.1) is 5.92 Å². The first-order chi connectivity index (χ1) is 10.1. The number of aromatic hydroxyl groups is 1. The van der Waals surface area contributed by atoms with Gasteiger partial charge in [-0.2, -0.15) is 0 Å². The zero-order valence-electron chi connectivity index (χ0n) is 11.7. The molecule has 112 valence electrons. The Kier molecular flexibility index (Phi) is 3.57. The third-order valence-corrected chi connectivity index (χ3v) is 4.13. The topological polar surface area (TPSA) is 72.8 Å². The minimum Gasteiger partial charge on any atom is -0.508 e. The van der Waals surface area contributed by atoms with Crippen LogP contribution in [-0.2, 0) is 25.5 Å². The molecule has 0 radical (unpaired) electrons. The van der Waals surface area contributed by atoms with Crippen molar-refractivity contribution < 1.29 is 24.2 Å². The van der Waals surface area contributed by atoms with Crippen LogP contribution in [-0.4, -0.2) is 22.8 Å². The second kappa shape index (κ2) is 5.39. The molecule has 0 atom stereocenters. The summed E-state index contributed by atoms with van der Waals surface area (Å²) in [6.07, 6.45) is 4.31. The predicted molar refractivity (Wildman–Crippen MR) is 73.3 cm³/mol. The molecule has 1 saturated carbocycles. The summed E-state index contributed by atoms with van der Waals surface area (Å²) >= 11 is 0. The lowest BCUT2D eigenvalue weighted by molar-refractivity contribution is -0.260. The van der Waals surface area contributed by atoms with Crippen molar-refractivity contribution in [3.63, 3.8) is 0 Å². The number of phenolic OH excluding ortho intramolecular Hbond substituents is 1. The molecule has 1 aliphatic carbocycles. The van der Waals surface area contributed by atoms with Gasteiger partial charge in [0.05, 0.1) is 0 Å². The fourth-order valence-corrected chi connectivity index (χ4v) is 2.95. The van der Waals surface area contributed by atoms with E-state index in [4.69, 9.17) is 9.47 Å². The van der Waals surface area contributed by atoms with Crippen LogP contribution >= 0.6 is 0 Å². The minimum absolute atomic E-state index is 0.147. The Bertz CT molecular complexity index is 522. The maximum atomic E-state index is 12.2. The van der Waals surface area contributed by atoms with E-state index in [1.807, 2.05) is 0 Å². The Morgan fingerprint density at radius 1 is 1.00 bits per heavy atom. The number of benzene rings is 1. The second-order valence-electron chi connectivity index (χ2n) is 5.74. The zero-order valence-corrected chi connectivity index (χ0v) is 11.7. The normalized spacial score (nSPS) is 21.9. The number of esters is 2. The van der Waals surface area contributed by atoms with E-state index in [0.717, 1.165) is 24.8 Å². The molecule has 0 unspecified atom stereocenters.